The minimum absolute atomic E-state index is 0.0158. The summed E-state index contributed by atoms with van der Waals surface area (Å²) in [5.41, 5.74) is 0.550. The van der Waals surface area contributed by atoms with Crippen LogP contribution in [0.3, 0.4) is 0 Å². The summed E-state index contributed by atoms with van der Waals surface area (Å²) in [4.78, 5) is 23.5. The fourth-order valence-electron chi connectivity index (χ4n) is 2.28. The van der Waals surface area contributed by atoms with Crippen molar-refractivity contribution in [2.45, 2.75) is 65.9 Å². The molecule has 1 N–H and O–H groups in total. The molecule has 0 amide bonds. The second kappa shape index (κ2) is 9.90. The van der Waals surface area contributed by atoms with E-state index in [4.69, 9.17) is 0 Å². The van der Waals surface area contributed by atoms with Gasteiger partial charge in [0.25, 0.3) is 0 Å². The molecule has 0 aliphatic heterocycles. The number of ketones is 1. The van der Waals surface area contributed by atoms with Gasteiger partial charge in [-0.3, -0.25) is 9.59 Å². The van der Waals surface area contributed by atoms with Gasteiger partial charge < -0.3 is 5.11 Å². The number of rotatable bonds is 10. The van der Waals surface area contributed by atoms with Crippen molar-refractivity contribution in [1.29, 1.82) is 0 Å². The number of hydrogen-bond acceptors (Lipinski definition) is 3. The molecule has 3 nitrogen and oxygen atoms in total. The Bertz CT molecular complexity index is 307. The van der Waals surface area contributed by atoms with E-state index in [-0.39, 0.29) is 11.7 Å². The van der Waals surface area contributed by atoms with E-state index in [2.05, 4.69) is 0 Å². The zero-order valence-corrected chi connectivity index (χ0v) is 12.7. The second-order valence-electron chi connectivity index (χ2n) is 5.11. The van der Waals surface area contributed by atoms with Crippen LogP contribution in [-0.4, -0.2) is 23.3 Å². The Labute approximate surface area is 117 Å². The first-order valence-electron chi connectivity index (χ1n) is 7.40. The molecule has 0 fully saturated rings. The maximum atomic E-state index is 12.4. The van der Waals surface area contributed by atoms with E-state index in [1.54, 1.807) is 6.92 Å². The van der Waals surface area contributed by atoms with Gasteiger partial charge in [-0.2, -0.15) is 0 Å². The topological polar surface area (TPSA) is 54.4 Å². The smallest absolute Gasteiger partial charge is 0.146 e. The molecule has 0 saturated carbocycles. The van der Waals surface area contributed by atoms with Crippen molar-refractivity contribution in [2.75, 3.05) is 0 Å². The van der Waals surface area contributed by atoms with Gasteiger partial charge in [-0.25, -0.2) is 0 Å². The number of carbonyl (C=O) groups excluding carboxylic acids is 2. The number of hydrogen-bond donors (Lipinski definition) is 1. The highest BCUT2D eigenvalue weighted by molar-refractivity contribution is 5.92. The molecule has 110 valence electrons. The monoisotopic (exact) mass is 268 g/mol. The number of aldehydes is 1. The zero-order chi connectivity index (χ0) is 14.8. The number of aliphatic hydroxyl groups is 1. The van der Waals surface area contributed by atoms with Crippen molar-refractivity contribution >= 4 is 12.1 Å². The number of allylic oxidation sites excluding steroid dienone is 2. The highest BCUT2D eigenvalue weighted by Gasteiger charge is 2.29. The van der Waals surface area contributed by atoms with E-state index >= 15 is 0 Å². The third-order valence-corrected chi connectivity index (χ3v) is 3.59. The van der Waals surface area contributed by atoms with Gasteiger partial charge in [-0.05, 0) is 24.8 Å². The summed E-state index contributed by atoms with van der Waals surface area (Å²) < 4.78 is 0. The van der Waals surface area contributed by atoms with E-state index in [1.165, 1.54) is 0 Å². The Balaban J connectivity index is 4.88. The summed E-state index contributed by atoms with van der Waals surface area (Å²) in [7, 11) is 0. The first kappa shape index (κ1) is 18.0. The van der Waals surface area contributed by atoms with Crippen LogP contribution in [0, 0.1) is 11.8 Å². The summed E-state index contributed by atoms with van der Waals surface area (Å²) in [6.07, 6.45) is 5.88. The van der Waals surface area contributed by atoms with Crippen molar-refractivity contribution in [2.24, 2.45) is 11.8 Å². The van der Waals surface area contributed by atoms with Crippen LogP contribution >= 0.6 is 0 Å². The minimum Gasteiger partial charge on any atom is -0.392 e. The molecule has 0 bridgehead atoms. The molecular formula is C16H28O3. The summed E-state index contributed by atoms with van der Waals surface area (Å²) in [6, 6.07) is 0. The molecule has 0 aromatic carbocycles. The lowest BCUT2D eigenvalue weighted by Gasteiger charge is -2.23. The lowest BCUT2D eigenvalue weighted by molar-refractivity contribution is -0.129. The van der Waals surface area contributed by atoms with Crippen molar-refractivity contribution in [3.05, 3.63) is 11.6 Å². The molecule has 19 heavy (non-hydrogen) atoms. The summed E-state index contributed by atoms with van der Waals surface area (Å²) in [6.45, 7) is 7.69. The third kappa shape index (κ3) is 5.68. The predicted molar refractivity (Wildman–Crippen MR) is 77.9 cm³/mol. The Morgan fingerprint density at radius 2 is 1.84 bits per heavy atom. The highest BCUT2D eigenvalue weighted by Crippen LogP contribution is 2.22. The van der Waals surface area contributed by atoms with Crippen LogP contribution in [0.2, 0.25) is 0 Å². The predicted octanol–water partition coefficient (Wildman–Crippen LogP) is 3.30. The van der Waals surface area contributed by atoms with Crippen molar-refractivity contribution in [3.8, 4) is 0 Å². The van der Waals surface area contributed by atoms with Crippen LogP contribution in [0.25, 0.3) is 0 Å². The van der Waals surface area contributed by atoms with Crippen LogP contribution in [-0.2, 0) is 9.59 Å². The maximum absolute atomic E-state index is 12.4. The van der Waals surface area contributed by atoms with Crippen LogP contribution in [0.5, 0.6) is 0 Å². The summed E-state index contributed by atoms with van der Waals surface area (Å²) in [5.74, 6) is -0.793. The molecule has 3 atom stereocenters. The Kier molecular flexibility index (Phi) is 9.40. The van der Waals surface area contributed by atoms with Gasteiger partial charge in [0.1, 0.15) is 12.1 Å². The second-order valence-corrected chi connectivity index (χ2v) is 5.11. The van der Waals surface area contributed by atoms with Gasteiger partial charge in [0, 0.05) is 11.8 Å². The number of Topliss-reactive ketones (excluding diaryl/α,β-unsaturated/α-hetero) is 1. The normalized spacial score (nSPS) is 16.8. The van der Waals surface area contributed by atoms with Crippen LogP contribution in [0.1, 0.15) is 59.8 Å². The number of unbranched alkanes of at least 4 members (excludes halogenated alkanes) is 1. The molecule has 0 spiro atoms. The molecule has 0 saturated heterocycles. The minimum atomic E-state index is -0.593. The molecule has 0 aliphatic rings. The van der Waals surface area contributed by atoms with Crippen molar-refractivity contribution < 1.29 is 14.7 Å². The van der Waals surface area contributed by atoms with Gasteiger partial charge in [0.15, 0.2) is 0 Å². The van der Waals surface area contributed by atoms with Crippen LogP contribution in [0.4, 0.5) is 0 Å². The fraction of sp³-hybridized carbons (Fsp3) is 0.750. The largest absolute Gasteiger partial charge is 0.392 e. The standard InChI is InChI=1S/C16H28O3/c1-5-8-10-13(11-17)12(4)16(19)14(7-3)15(18)9-6-2/h10-12,14-15,18H,5-9H2,1-4H3. The zero-order valence-electron chi connectivity index (χ0n) is 12.7. The first-order chi connectivity index (χ1) is 9.03. The van der Waals surface area contributed by atoms with Crippen LogP contribution < -0.4 is 0 Å². The maximum Gasteiger partial charge on any atom is 0.146 e. The molecular weight excluding hydrogens is 240 g/mol. The molecule has 0 aliphatic carbocycles. The van der Waals surface area contributed by atoms with Gasteiger partial charge in [0.2, 0.25) is 0 Å². The molecule has 0 aromatic rings. The van der Waals surface area contributed by atoms with Gasteiger partial charge in [-0.15, -0.1) is 0 Å². The lowest BCUT2D eigenvalue weighted by atomic mass is 9.83. The molecule has 0 aromatic heterocycles. The lowest BCUT2D eigenvalue weighted by Crippen LogP contribution is -2.32. The van der Waals surface area contributed by atoms with Gasteiger partial charge in [0.05, 0.1) is 6.10 Å². The molecule has 3 unspecified atom stereocenters. The van der Waals surface area contributed by atoms with Gasteiger partial charge in [-0.1, -0.05) is 46.6 Å². The molecule has 3 heteroatoms. The number of aliphatic hydroxyl groups excluding tert-OH is 1. The van der Waals surface area contributed by atoms with E-state index in [9.17, 15) is 14.7 Å². The molecule has 0 radical (unpaired) electrons. The third-order valence-electron chi connectivity index (χ3n) is 3.59. The van der Waals surface area contributed by atoms with E-state index in [0.29, 0.717) is 18.4 Å². The summed E-state index contributed by atoms with van der Waals surface area (Å²) in [5, 5.41) is 10.0. The first-order valence-corrected chi connectivity index (χ1v) is 7.40. The van der Waals surface area contributed by atoms with Crippen LogP contribution in [0.15, 0.2) is 11.6 Å². The van der Waals surface area contributed by atoms with Gasteiger partial charge >= 0.3 is 0 Å². The number of carbonyl (C=O) groups is 2. The average Bonchev–Trinajstić information content (AvgIpc) is 2.40. The van der Waals surface area contributed by atoms with Crippen molar-refractivity contribution in [3.63, 3.8) is 0 Å². The highest BCUT2D eigenvalue weighted by atomic mass is 16.3. The quantitative estimate of drug-likeness (QED) is 0.488. The average molecular weight is 268 g/mol. The molecule has 0 rings (SSSR count). The van der Waals surface area contributed by atoms with E-state index in [1.807, 2.05) is 26.8 Å². The molecule has 0 heterocycles. The Hall–Kier alpha value is -0.960. The fourth-order valence-corrected chi connectivity index (χ4v) is 2.28. The SMILES string of the molecule is CCCC=C(C=O)C(C)C(=O)C(CC)C(O)CCC. The Morgan fingerprint density at radius 1 is 1.21 bits per heavy atom. The van der Waals surface area contributed by atoms with E-state index in [0.717, 1.165) is 25.5 Å². The Morgan fingerprint density at radius 3 is 2.26 bits per heavy atom. The van der Waals surface area contributed by atoms with E-state index < -0.39 is 12.0 Å². The van der Waals surface area contributed by atoms with Crippen molar-refractivity contribution in [1.82, 2.24) is 0 Å². The summed E-state index contributed by atoms with van der Waals surface area (Å²) >= 11 is 0.